The molecule has 0 aliphatic heterocycles. The van der Waals surface area contributed by atoms with Crippen molar-refractivity contribution in [1.29, 1.82) is 0 Å². The summed E-state index contributed by atoms with van der Waals surface area (Å²) < 4.78 is 10.6. The molecule has 1 aliphatic rings. The van der Waals surface area contributed by atoms with Crippen molar-refractivity contribution in [1.82, 2.24) is 9.97 Å². The van der Waals surface area contributed by atoms with Crippen molar-refractivity contribution in [2.24, 2.45) is 0 Å². The van der Waals surface area contributed by atoms with Gasteiger partial charge < -0.3 is 14.8 Å². The first kappa shape index (κ1) is 14.2. The van der Waals surface area contributed by atoms with E-state index in [0.29, 0.717) is 31.3 Å². The molecule has 1 heterocycles. The molecule has 5 nitrogen and oxygen atoms in total. The lowest BCUT2D eigenvalue weighted by molar-refractivity contribution is -0.0261. The van der Waals surface area contributed by atoms with Crippen LogP contribution in [0.5, 0.6) is 0 Å². The third-order valence-corrected chi connectivity index (χ3v) is 3.37. The van der Waals surface area contributed by atoms with Gasteiger partial charge in [-0.25, -0.2) is 9.97 Å². The van der Waals surface area contributed by atoms with Crippen LogP contribution >= 0.6 is 0 Å². The van der Waals surface area contributed by atoms with E-state index < -0.39 is 0 Å². The number of anilines is 1. The van der Waals surface area contributed by atoms with E-state index in [2.05, 4.69) is 29.1 Å². The number of hydrogen-bond acceptors (Lipinski definition) is 5. The summed E-state index contributed by atoms with van der Waals surface area (Å²) in [5.41, 5.74) is 1.07. The molecular weight excluding hydrogens is 242 g/mol. The summed E-state index contributed by atoms with van der Waals surface area (Å²) in [4.78, 5) is 8.53. The fraction of sp³-hybridized carbons (Fsp3) is 0.714. The van der Waals surface area contributed by atoms with Gasteiger partial charge in [-0.1, -0.05) is 13.8 Å². The smallest absolute Gasteiger partial charge is 0.129 e. The van der Waals surface area contributed by atoms with Crippen LogP contribution in [0.3, 0.4) is 0 Å². The van der Waals surface area contributed by atoms with Crippen LogP contribution in [-0.4, -0.2) is 42.4 Å². The minimum Gasteiger partial charge on any atom is -0.382 e. The lowest BCUT2D eigenvalue weighted by Crippen LogP contribution is -2.41. The summed E-state index contributed by atoms with van der Waals surface area (Å²) in [5, 5.41) is 3.43. The Morgan fingerprint density at radius 3 is 2.79 bits per heavy atom. The van der Waals surface area contributed by atoms with E-state index in [4.69, 9.17) is 9.47 Å². The largest absolute Gasteiger partial charge is 0.382 e. The van der Waals surface area contributed by atoms with Crippen LogP contribution < -0.4 is 5.32 Å². The second-order valence-corrected chi connectivity index (χ2v) is 5.28. The highest BCUT2D eigenvalue weighted by Gasteiger charge is 2.29. The SMILES string of the molecule is COCCOC1CC(Nc2cc(C(C)C)ncn2)C1. The first-order valence-electron chi connectivity index (χ1n) is 6.88. The summed E-state index contributed by atoms with van der Waals surface area (Å²) in [6.07, 6.45) is 4.05. The number of rotatable bonds is 7. The van der Waals surface area contributed by atoms with Crippen LogP contribution in [0.2, 0.25) is 0 Å². The van der Waals surface area contributed by atoms with Gasteiger partial charge in [0.2, 0.25) is 0 Å². The van der Waals surface area contributed by atoms with E-state index in [1.807, 2.05) is 6.07 Å². The number of nitrogens with one attached hydrogen (secondary N) is 1. The van der Waals surface area contributed by atoms with Gasteiger partial charge in [0.05, 0.1) is 19.3 Å². The van der Waals surface area contributed by atoms with Crippen molar-refractivity contribution in [2.75, 3.05) is 25.6 Å². The van der Waals surface area contributed by atoms with E-state index in [9.17, 15) is 0 Å². The average molecular weight is 265 g/mol. The zero-order chi connectivity index (χ0) is 13.7. The van der Waals surface area contributed by atoms with Gasteiger partial charge >= 0.3 is 0 Å². The van der Waals surface area contributed by atoms with Gasteiger partial charge in [-0.05, 0) is 18.8 Å². The molecule has 0 spiro atoms. The maximum atomic E-state index is 5.65. The molecule has 0 amide bonds. The fourth-order valence-electron chi connectivity index (χ4n) is 2.09. The van der Waals surface area contributed by atoms with Crippen LogP contribution in [0.4, 0.5) is 5.82 Å². The second-order valence-electron chi connectivity index (χ2n) is 5.28. The summed E-state index contributed by atoms with van der Waals surface area (Å²) in [6.45, 7) is 5.61. The van der Waals surface area contributed by atoms with E-state index in [0.717, 1.165) is 24.4 Å². The Hall–Kier alpha value is -1.20. The van der Waals surface area contributed by atoms with Gasteiger partial charge in [0.15, 0.2) is 0 Å². The third kappa shape index (κ3) is 4.14. The predicted molar refractivity (Wildman–Crippen MR) is 74.4 cm³/mol. The number of ether oxygens (including phenoxy) is 2. The maximum absolute atomic E-state index is 5.65. The first-order chi connectivity index (χ1) is 9.19. The van der Waals surface area contributed by atoms with Gasteiger partial charge in [0.1, 0.15) is 12.1 Å². The molecule has 0 radical (unpaired) electrons. The van der Waals surface area contributed by atoms with Crippen molar-refractivity contribution in [2.45, 2.75) is 44.8 Å². The fourth-order valence-corrected chi connectivity index (χ4v) is 2.09. The normalized spacial score (nSPS) is 22.3. The number of aromatic nitrogens is 2. The second kappa shape index (κ2) is 6.82. The minimum absolute atomic E-state index is 0.360. The molecule has 1 aromatic rings. The van der Waals surface area contributed by atoms with Crippen molar-refractivity contribution in [3.8, 4) is 0 Å². The Kier molecular flexibility index (Phi) is 5.10. The van der Waals surface area contributed by atoms with Crippen molar-refractivity contribution in [3.05, 3.63) is 18.1 Å². The molecule has 1 fully saturated rings. The molecule has 1 aromatic heterocycles. The Morgan fingerprint density at radius 1 is 1.32 bits per heavy atom. The summed E-state index contributed by atoms with van der Waals surface area (Å²) >= 11 is 0. The Bertz CT molecular complexity index is 392. The molecule has 0 unspecified atom stereocenters. The summed E-state index contributed by atoms with van der Waals surface area (Å²) in [7, 11) is 1.69. The Balaban J connectivity index is 1.73. The molecule has 1 aliphatic carbocycles. The Morgan fingerprint density at radius 2 is 2.11 bits per heavy atom. The van der Waals surface area contributed by atoms with Gasteiger partial charge in [-0.2, -0.15) is 0 Å². The molecule has 5 heteroatoms. The van der Waals surface area contributed by atoms with E-state index >= 15 is 0 Å². The molecule has 19 heavy (non-hydrogen) atoms. The van der Waals surface area contributed by atoms with Gasteiger partial charge in [-0.15, -0.1) is 0 Å². The molecule has 1 saturated carbocycles. The van der Waals surface area contributed by atoms with Crippen LogP contribution in [0.15, 0.2) is 12.4 Å². The Labute approximate surface area is 114 Å². The van der Waals surface area contributed by atoms with Crippen LogP contribution in [0, 0.1) is 0 Å². The summed E-state index contributed by atoms with van der Waals surface area (Å²) in [6, 6.07) is 2.49. The zero-order valence-electron chi connectivity index (χ0n) is 11.9. The highest BCUT2D eigenvalue weighted by Crippen LogP contribution is 2.26. The van der Waals surface area contributed by atoms with Crippen molar-refractivity contribution >= 4 is 5.82 Å². The highest BCUT2D eigenvalue weighted by atomic mass is 16.5. The summed E-state index contributed by atoms with van der Waals surface area (Å²) in [5.74, 6) is 1.34. The standard InChI is InChI=1S/C14H23N3O2/c1-10(2)13-8-14(16-9-15-13)17-11-6-12(7-11)19-5-4-18-3/h8-12H,4-7H2,1-3H3,(H,15,16,17). The van der Waals surface area contributed by atoms with Crippen LogP contribution in [-0.2, 0) is 9.47 Å². The molecule has 0 bridgehead atoms. The first-order valence-corrected chi connectivity index (χ1v) is 6.88. The minimum atomic E-state index is 0.360. The average Bonchev–Trinajstić information content (AvgIpc) is 2.36. The molecule has 0 aromatic carbocycles. The maximum Gasteiger partial charge on any atom is 0.129 e. The van der Waals surface area contributed by atoms with Crippen LogP contribution in [0.25, 0.3) is 0 Å². The monoisotopic (exact) mass is 265 g/mol. The van der Waals surface area contributed by atoms with E-state index in [-0.39, 0.29) is 0 Å². The lowest BCUT2D eigenvalue weighted by atomic mass is 9.89. The lowest BCUT2D eigenvalue weighted by Gasteiger charge is -2.35. The number of hydrogen-bond donors (Lipinski definition) is 1. The molecule has 2 rings (SSSR count). The molecule has 0 saturated heterocycles. The molecule has 1 N–H and O–H groups in total. The number of methoxy groups -OCH3 is 1. The quantitative estimate of drug-likeness (QED) is 0.766. The topological polar surface area (TPSA) is 56.3 Å². The number of nitrogens with zero attached hydrogens (tertiary/aromatic N) is 2. The van der Waals surface area contributed by atoms with Crippen molar-refractivity contribution < 1.29 is 9.47 Å². The molecule has 0 atom stereocenters. The zero-order valence-corrected chi connectivity index (χ0v) is 11.9. The van der Waals surface area contributed by atoms with E-state index in [1.54, 1.807) is 13.4 Å². The van der Waals surface area contributed by atoms with Crippen LogP contribution in [0.1, 0.15) is 38.3 Å². The molecular formula is C14H23N3O2. The third-order valence-electron chi connectivity index (χ3n) is 3.37. The van der Waals surface area contributed by atoms with Gasteiger partial charge in [-0.3, -0.25) is 0 Å². The highest BCUT2D eigenvalue weighted by molar-refractivity contribution is 5.37. The van der Waals surface area contributed by atoms with Crippen molar-refractivity contribution in [3.63, 3.8) is 0 Å². The van der Waals surface area contributed by atoms with E-state index in [1.165, 1.54) is 0 Å². The molecule has 106 valence electrons. The van der Waals surface area contributed by atoms with Gasteiger partial charge in [0, 0.05) is 24.9 Å². The predicted octanol–water partition coefficient (Wildman–Crippen LogP) is 2.21. The van der Waals surface area contributed by atoms with Gasteiger partial charge in [0.25, 0.3) is 0 Å².